The van der Waals surface area contributed by atoms with Crippen molar-refractivity contribution in [2.45, 2.75) is 4.75 Å². The van der Waals surface area contributed by atoms with Crippen LogP contribution in [0, 0.1) is 0 Å². The maximum atomic E-state index is 11.3. The number of carbonyl (C=O) groups excluding carboxylic acids is 1. The van der Waals surface area contributed by atoms with E-state index in [9.17, 15) is 9.90 Å². The van der Waals surface area contributed by atoms with Crippen molar-refractivity contribution in [2.24, 2.45) is 0 Å². The fourth-order valence-electron chi connectivity index (χ4n) is 3.76. The maximum Gasteiger partial charge on any atom is 0.153 e. The van der Waals surface area contributed by atoms with Crippen LogP contribution in [0.15, 0.2) is 103 Å². The lowest BCUT2D eigenvalue weighted by Crippen LogP contribution is -2.28. The average molecular weight is 441 g/mol. The molecule has 0 aliphatic rings. The summed E-state index contributed by atoms with van der Waals surface area (Å²) in [4.78, 5) is 19.3. The third kappa shape index (κ3) is 4.50. The highest BCUT2D eigenvalue weighted by molar-refractivity contribution is 8.00. The molecule has 3 aromatic carbocycles. The average Bonchev–Trinajstić information content (AvgIpc) is 2.86. The summed E-state index contributed by atoms with van der Waals surface area (Å²) in [6.07, 6.45) is 2.81. The highest BCUT2D eigenvalue weighted by Crippen LogP contribution is 2.48. The normalized spacial score (nSPS) is 11.1. The number of anilines is 1. The maximum absolute atomic E-state index is 11.3. The minimum absolute atomic E-state index is 0.182. The molecule has 0 aliphatic carbocycles. The second kappa shape index (κ2) is 10.1. The lowest BCUT2D eigenvalue weighted by atomic mass is 9.84. The molecular formula is C26H22N3O2S-. The first-order valence-electron chi connectivity index (χ1n) is 10.3. The van der Waals surface area contributed by atoms with Gasteiger partial charge in [-0.1, -0.05) is 91.0 Å². The fraction of sp³-hybridized carbons (Fsp3) is 0.115. The zero-order valence-electron chi connectivity index (χ0n) is 17.3. The number of carboxylic acid groups (broad SMARTS) is 1. The Morgan fingerprint density at radius 1 is 0.781 bits per heavy atom. The van der Waals surface area contributed by atoms with E-state index >= 15 is 0 Å². The molecule has 1 aromatic heterocycles. The van der Waals surface area contributed by atoms with Crippen LogP contribution < -0.4 is 10.4 Å². The molecule has 4 aromatic rings. The van der Waals surface area contributed by atoms with Crippen LogP contribution in [0.4, 0.5) is 5.82 Å². The van der Waals surface area contributed by atoms with Gasteiger partial charge in [-0.15, -0.1) is 11.8 Å². The Morgan fingerprint density at radius 3 is 1.72 bits per heavy atom. The van der Waals surface area contributed by atoms with E-state index in [0.717, 1.165) is 0 Å². The van der Waals surface area contributed by atoms with E-state index in [1.54, 1.807) is 11.8 Å². The summed E-state index contributed by atoms with van der Waals surface area (Å²) in [6.45, 7) is 0.512. The number of nitrogens with one attached hydrogen (secondary N) is 1. The topological polar surface area (TPSA) is 77.9 Å². The van der Waals surface area contributed by atoms with E-state index in [-0.39, 0.29) is 11.5 Å². The standard InChI is InChI=1S/C26H23N3O2S/c30-25(31)23-24(28-17-16-27-23)29-18-19-32-26(20-10-4-1-5-11-20,21-12-6-2-7-13-21)22-14-8-3-9-15-22/h1-17H,18-19H2,(H,28,29)(H,30,31)/p-1. The minimum atomic E-state index is -1.35. The molecule has 5 nitrogen and oxygen atoms in total. The Morgan fingerprint density at radius 2 is 1.25 bits per heavy atom. The van der Waals surface area contributed by atoms with E-state index in [1.165, 1.54) is 29.1 Å². The summed E-state index contributed by atoms with van der Waals surface area (Å²) in [5.41, 5.74) is 3.35. The van der Waals surface area contributed by atoms with Gasteiger partial charge in [-0.2, -0.15) is 0 Å². The number of carboxylic acids is 1. The molecule has 0 saturated carbocycles. The van der Waals surface area contributed by atoms with Crippen LogP contribution in [0.2, 0.25) is 0 Å². The summed E-state index contributed by atoms with van der Waals surface area (Å²) in [6, 6.07) is 31.3. The summed E-state index contributed by atoms with van der Waals surface area (Å²) in [5.74, 6) is -0.430. The first kappa shape index (κ1) is 21.6. The van der Waals surface area contributed by atoms with E-state index in [4.69, 9.17) is 0 Å². The largest absolute Gasteiger partial charge is 0.543 e. The van der Waals surface area contributed by atoms with Gasteiger partial charge in [0.25, 0.3) is 0 Å². The lowest BCUT2D eigenvalue weighted by molar-refractivity contribution is -0.255. The van der Waals surface area contributed by atoms with Gasteiger partial charge in [0.15, 0.2) is 5.82 Å². The van der Waals surface area contributed by atoms with Gasteiger partial charge in [0, 0.05) is 24.7 Å². The Balaban J connectivity index is 1.67. The molecule has 160 valence electrons. The molecule has 0 amide bonds. The summed E-state index contributed by atoms with van der Waals surface area (Å²) >= 11 is 1.79. The number of nitrogens with zero attached hydrogens (tertiary/aromatic N) is 2. The molecule has 4 rings (SSSR count). The van der Waals surface area contributed by atoms with Crippen molar-refractivity contribution in [1.29, 1.82) is 0 Å². The van der Waals surface area contributed by atoms with Gasteiger partial charge in [-0.3, -0.25) is 0 Å². The van der Waals surface area contributed by atoms with Gasteiger partial charge in [0.1, 0.15) is 5.69 Å². The third-order valence-corrected chi connectivity index (χ3v) is 6.69. The Kier molecular flexibility index (Phi) is 6.82. The molecule has 0 aliphatic heterocycles. The predicted octanol–water partition coefficient (Wildman–Crippen LogP) is 3.98. The van der Waals surface area contributed by atoms with E-state index < -0.39 is 10.7 Å². The number of rotatable bonds is 9. The molecule has 0 bridgehead atoms. The van der Waals surface area contributed by atoms with Gasteiger partial charge in [-0.05, 0) is 16.7 Å². The summed E-state index contributed by atoms with van der Waals surface area (Å²) in [7, 11) is 0. The third-order valence-electron chi connectivity index (χ3n) is 5.15. The van der Waals surface area contributed by atoms with Gasteiger partial charge >= 0.3 is 0 Å². The minimum Gasteiger partial charge on any atom is -0.543 e. The van der Waals surface area contributed by atoms with Gasteiger partial charge in [0.2, 0.25) is 0 Å². The zero-order valence-corrected chi connectivity index (χ0v) is 18.2. The van der Waals surface area contributed by atoms with Crippen LogP contribution in [0.25, 0.3) is 0 Å². The highest BCUT2D eigenvalue weighted by Gasteiger charge is 2.36. The molecule has 0 saturated heterocycles. The molecule has 32 heavy (non-hydrogen) atoms. The number of aromatic carboxylic acids is 1. The van der Waals surface area contributed by atoms with Crippen LogP contribution in [-0.2, 0) is 4.75 Å². The van der Waals surface area contributed by atoms with Crippen molar-refractivity contribution in [2.75, 3.05) is 17.6 Å². The molecule has 0 atom stereocenters. The van der Waals surface area contributed by atoms with Crippen LogP contribution in [0.1, 0.15) is 27.2 Å². The van der Waals surface area contributed by atoms with Crippen LogP contribution in [-0.4, -0.2) is 28.2 Å². The molecule has 0 unspecified atom stereocenters. The molecule has 0 radical (unpaired) electrons. The van der Waals surface area contributed by atoms with Crippen LogP contribution >= 0.6 is 11.8 Å². The van der Waals surface area contributed by atoms with Crippen LogP contribution in [0.5, 0.6) is 0 Å². The Bertz CT molecular complexity index is 1060. The first-order chi connectivity index (χ1) is 15.7. The quantitative estimate of drug-likeness (QED) is 0.313. The lowest BCUT2D eigenvalue weighted by Gasteiger charge is -2.35. The van der Waals surface area contributed by atoms with Gasteiger partial charge in [0.05, 0.1) is 10.7 Å². The van der Waals surface area contributed by atoms with Gasteiger partial charge < -0.3 is 15.2 Å². The number of hydrogen-bond donors (Lipinski definition) is 1. The smallest absolute Gasteiger partial charge is 0.153 e. The highest BCUT2D eigenvalue weighted by atomic mass is 32.2. The zero-order chi connectivity index (χ0) is 22.2. The van der Waals surface area contributed by atoms with Crippen LogP contribution in [0.3, 0.4) is 0 Å². The fourth-order valence-corrected chi connectivity index (χ4v) is 5.18. The summed E-state index contributed by atoms with van der Waals surface area (Å²) in [5, 5.41) is 14.4. The van der Waals surface area contributed by atoms with Crippen molar-refractivity contribution in [3.63, 3.8) is 0 Å². The van der Waals surface area contributed by atoms with Gasteiger partial charge in [-0.25, -0.2) is 9.97 Å². The van der Waals surface area contributed by atoms with E-state index in [0.29, 0.717) is 12.3 Å². The van der Waals surface area contributed by atoms with E-state index in [2.05, 4.69) is 88.1 Å². The number of carbonyl (C=O) groups is 1. The number of benzene rings is 3. The molecule has 1 N–H and O–H groups in total. The molecule has 0 spiro atoms. The number of thioether (sulfide) groups is 1. The number of aromatic nitrogens is 2. The first-order valence-corrected chi connectivity index (χ1v) is 11.3. The Hall–Kier alpha value is -3.64. The Labute approximate surface area is 191 Å². The predicted molar refractivity (Wildman–Crippen MR) is 127 cm³/mol. The van der Waals surface area contributed by atoms with E-state index in [1.807, 2.05) is 18.2 Å². The van der Waals surface area contributed by atoms with Crippen molar-refractivity contribution in [3.8, 4) is 0 Å². The van der Waals surface area contributed by atoms with Crippen molar-refractivity contribution >= 4 is 23.5 Å². The van der Waals surface area contributed by atoms with Crippen molar-refractivity contribution < 1.29 is 9.90 Å². The molecule has 1 heterocycles. The molecular weight excluding hydrogens is 418 g/mol. The summed E-state index contributed by atoms with van der Waals surface area (Å²) < 4.78 is -0.426. The van der Waals surface area contributed by atoms with Crippen molar-refractivity contribution in [3.05, 3.63) is 126 Å². The molecule has 6 heteroatoms. The molecule has 0 fully saturated rings. The SMILES string of the molecule is O=C([O-])c1nccnc1NCCSC(c1ccccc1)(c1ccccc1)c1ccccc1. The monoisotopic (exact) mass is 440 g/mol. The second-order valence-electron chi connectivity index (χ2n) is 7.10. The number of hydrogen-bond acceptors (Lipinski definition) is 6. The van der Waals surface area contributed by atoms with Crippen molar-refractivity contribution in [1.82, 2.24) is 9.97 Å². The second-order valence-corrected chi connectivity index (χ2v) is 8.40.